The highest BCUT2D eigenvalue weighted by Crippen LogP contribution is 2.24. The van der Waals surface area contributed by atoms with Crippen LogP contribution in [0.4, 0.5) is 5.69 Å². The zero-order valence-electron chi connectivity index (χ0n) is 10.1. The van der Waals surface area contributed by atoms with Crippen molar-refractivity contribution in [2.24, 2.45) is 5.92 Å². The van der Waals surface area contributed by atoms with Crippen molar-refractivity contribution >= 4 is 23.2 Å². The molecule has 0 radical (unpaired) electrons. The zero-order valence-corrected chi connectivity index (χ0v) is 10.9. The first kappa shape index (κ1) is 13.1. The largest absolute Gasteiger partial charge is 0.397 e. The Morgan fingerprint density at radius 3 is 3.06 bits per heavy atom. The van der Waals surface area contributed by atoms with E-state index in [0.717, 1.165) is 6.42 Å². The number of aliphatic hydroxyl groups excluding tert-OH is 1. The van der Waals surface area contributed by atoms with E-state index in [1.54, 1.807) is 11.8 Å². The molecule has 2 heterocycles. The molecule has 98 valence electrons. The van der Waals surface area contributed by atoms with Gasteiger partial charge in [-0.15, -0.1) is 0 Å². The number of amides is 1. The number of anilines is 1. The number of nitrogens with two attached hydrogens (primary N) is 1. The minimum Gasteiger partial charge on any atom is -0.397 e. The van der Waals surface area contributed by atoms with Gasteiger partial charge in [0.15, 0.2) is 0 Å². The van der Waals surface area contributed by atoms with Crippen molar-refractivity contribution in [2.75, 3.05) is 18.8 Å². The van der Waals surface area contributed by atoms with E-state index >= 15 is 0 Å². The number of carbonyl (C=O) groups is 1. The first-order chi connectivity index (χ1) is 8.49. The molecule has 1 amide bonds. The van der Waals surface area contributed by atoms with Gasteiger partial charge in [-0.3, -0.25) is 4.79 Å². The van der Waals surface area contributed by atoms with Crippen molar-refractivity contribution in [3.8, 4) is 0 Å². The number of rotatable bonds is 2. The summed E-state index contributed by atoms with van der Waals surface area (Å²) in [5.74, 6) is -0.0209. The number of aromatic nitrogens is 1. The van der Waals surface area contributed by atoms with E-state index < -0.39 is 6.10 Å². The fourth-order valence-corrected chi connectivity index (χ4v) is 2.32. The Bertz CT molecular complexity index is 465. The third kappa shape index (κ3) is 2.57. The van der Waals surface area contributed by atoms with Gasteiger partial charge in [-0.1, -0.05) is 11.6 Å². The van der Waals surface area contributed by atoms with Gasteiger partial charge in [0.2, 0.25) is 0 Å². The lowest BCUT2D eigenvalue weighted by Gasteiger charge is -2.18. The lowest BCUT2D eigenvalue weighted by atomic mass is 10.0. The van der Waals surface area contributed by atoms with E-state index in [2.05, 4.69) is 4.98 Å². The Morgan fingerprint density at radius 2 is 2.44 bits per heavy atom. The molecule has 6 heteroatoms. The highest BCUT2D eigenvalue weighted by molar-refractivity contribution is 6.29. The van der Waals surface area contributed by atoms with E-state index in [4.69, 9.17) is 17.3 Å². The second-order valence-corrected chi connectivity index (χ2v) is 5.02. The Hall–Kier alpha value is -1.33. The maximum atomic E-state index is 12.3. The molecule has 5 nitrogen and oxygen atoms in total. The Balaban J connectivity index is 2.15. The summed E-state index contributed by atoms with van der Waals surface area (Å²) in [6.45, 7) is 2.93. The quantitative estimate of drug-likeness (QED) is 0.790. The molecule has 0 aromatic carbocycles. The minimum atomic E-state index is -0.402. The number of halogens is 1. The molecule has 1 saturated heterocycles. The molecule has 1 aromatic heterocycles. The molecule has 0 spiro atoms. The summed E-state index contributed by atoms with van der Waals surface area (Å²) >= 11 is 5.77. The smallest absolute Gasteiger partial charge is 0.256 e. The standard InChI is InChI=1S/C12H16ClN3O2/c1-7(17)8-2-3-16(6-8)12(18)9-4-11(13)15-5-10(9)14/h4-5,7-8,17H,2-3,6,14H2,1H3. The topological polar surface area (TPSA) is 79.5 Å². The van der Waals surface area contributed by atoms with Crippen LogP contribution in [0.15, 0.2) is 12.3 Å². The van der Waals surface area contributed by atoms with E-state index in [-0.39, 0.29) is 17.0 Å². The van der Waals surface area contributed by atoms with E-state index in [1.807, 2.05) is 0 Å². The minimum absolute atomic E-state index is 0.132. The van der Waals surface area contributed by atoms with Gasteiger partial charge in [0, 0.05) is 19.0 Å². The fraction of sp³-hybridized carbons (Fsp3) is 0.500. The third-order valence-electron chi connectivity index (χ3n) is 3.33. The molecule has 1 fully saturated rings. The van der Waals surface area contributed by atoms with E-state index in [9.17, 15) is 9.90 Å². The highest BCUT2D eigenvalue weighted by Gasteiger charge is 2.30. The maximum Gasteiger partial charge on any atom is 0.256 e. The molecular weight excluding hydrogens is 254 g/mol. The molecule has 0 bridgehead atoms. The normalized spacial score (nSPS) is 21.1. The summed E-state index contributed by atoms with van der Waals surface area (Å²) < 4.78 is 0. The molecule has 3 N–H and O–H groups in total. The van der Waals surface area contributed by atoms with Gasteiger partial charge < -0.3 is 15.7 Å². The summed E-state index contributed by atoms with van der Waals surface area (Å²) in [6.07, 6.45) is 1.79. The van der Waals surface area contributed by atoms with Gasteiger partial charge in [0.25, 0.3) is 5.91 Å². The molecule has 18 heavy (non-hydrogen) atoms. The lowest BCUT2D eigenvalue weighted by molar-refractivity contribution is 0.0763. The zero-order chi connectivity index (χ0) is 13.3. The second kappa shape index (κ2) is 5.12. The second-order valence-electron chi connectivity index (χ2n) is 4.63. The summed E-state index contributed by atoms with van der Waals surface area (Å²) in [5.41, 5.74) is 6.43. The van der Waals surface area contributed by atoms with Crippen LogP contribution in [-0.2, 0) is 0 Å². The third-order valence-corrected chi connectivity index (χ3v) is 3.53. The van der Waals surface area contributed by atoms with Crippen LogP contribution in [0.2, 0.25) is 5.15 Å². The molecular formula is C12H16ClN3O2. The fourth-order valence-electron chi connectivity index (χ4n) is 2.16. The van der Waals surface area contributed by atoms with Gasteiger partial charge in [-0.05, 0) is 19.4 Å². The maximum absolute atomic E-state index is 12.3. The molecule has 0 saturated carbocycles. The number of nitrogens with zero attached hydrogens (tertiary/aromatic N) is 2. The number of hydrogen-bond acceptors (Lipinski definition) is 4. The molecule has 1 aliphatic heterocycles. The average molecular weight is 270 g/mol. The van der Waals surface area contributed by atoms with Crippen LogP contribution in [0, 0.1) is 5.92 Å². The molecule has 2 unspecified atom stereocenters. The van der Waals surface area contributed by atoms with Gasteiger partial charge in [0.1, 0.15) is 5.15 Å². The van der Waals surface area contributed by atoms with Crippen LogP contribution in [-0.4, -0.2) is 40.1 Å². The number of carbonyl (C=O) groups excluding carboxylic acids is 1. The average Bonchev–Trinajstić information content (AvgIpc) is 2.81. The van der Waals surface area contributed by atoms with Crippen LogP contribution in [0.1, 0.15) is 23.7 Å². The summed E-state index contributed by atoms with van der Waals surface area (Å²) in [7, 11) is 0. The SMILES string of the molecule is CC(O)C1CCN(C(=O)c2cc(Cl)ncc2N)C1. The summed E-state index contributed by atoms with van der Waals surface area (Å²) in [5, 5.41) is 9.78. The van der Waals surface area contributed by atoms with Crippen LogP contribution in [0.25, 0.3) is 0 Å². The molecule has 2 atom stereocenters. The first-order valence-electron chi connectivity index (χ1n) is 5.87. The van der Waals surface area contributed by atoms with E-state index in [0.29, 0.717) is 24.3 Å². The first-order valence-corrected chi connectivity index (χ1v) is 6.25. The van der Waals surface area contributed by atoms with Crippen molar-refractivity contribution in [3.05, 3.63) is 23.0 Å². The molecule has 0 aliphatic carbocycles. The van der Waals surface area contributed by atoms with Crippen molar-refractivity contribution in [1.29, 1.82) is 0 Å². The summed E-state index contributed by atoms with van der Waals surface area (Å²) in [6, 6.07) is 1.48. The molecule has 1 aromatic rings. The van der Waals surface area contributed by atoms with E-state index in [1.165, 1.54) is 12.3 Å². The Kier molecular flexibility index (Phi) is 3.73. The van der Waals surface area contributed by atoms with Crippen LogP contribution >= 0.6 is 11.6 Å². The summed E-state index contributed by atoms with van der Waals surface area (Å²) in [4.78, 5) is 17.8. The Morgan fingerprint density at radius 1 is 1.72 bits per heavy atom. The van der Waals surface area contributed by atoms with Gasteiger partial charge in [-0.25, -0.2) is 4.98 Å². The number of hydrogen-bond donors (Lipinski definition) is 2. The van der Waals surface area contributed by atoms with Crippen LogP contribution in [0.5, 0.6) is 0 Å². The van der Waals surface area contributed by atoms with Crippen molar-refractivity contribution < 1.29 is 9.90 Å². The number of likely N-dealkylation sites (tertiary alicyclic amines) is 1. The van der Waals surface area contributed by atoms with Crippen LogP contribution in [0.3, 0.4) is 0 Å². The van der Waals surface area contributed by atoms with Gasteiger partial charge in [-0.2, -0.15) is 0 Å². The monoisotopic (exact) mass is 269 g/mol. The van der Waals surface area contributed by atoms with Crippen molar-refractivity contribution in [2.45, 2.75) is 19.4 Å². The lowest BCUT2D eigenvalue weighted by Crippen LogP contribution is -2.31. The number of nitrogen functional groups attached to an aromatic ring is 1. The van der Waals surface area contributed by atoms with Gasteiger partial charge in [0.05, 0.1) is 23.6 Å². The van der Waals surface area contributed by atoms with Crippen LogP contribution < -0.4 is 5.73 Å². The highest BCUT2D eigenvalue weighted by atomic mass is 35.5. The number of aliphatic hydroxyl groups is 1. The predicted octanol–water partition coefficient (Wildman–Crippen LogP) is 1.16. The van der Waals surface area contributed by atoms with Crippen molar-refractivity contribution in [1.82, 2.24) is 9.88 Å². The molecule has 2 rings (SSSR count). The van der Waals surface area contributed by atoms with Gasteiger partial charge >= 0.3 is 0 Å². The predicted molar refractivity (Wildman–Crippen MR) is 69.4 cm³/mol. The number of pyridine rings is 1. The Labute approximate surface area is 111 Å². The van der Waals surface area contributed by atoms with Crippen molar-refractivity contribution in [3.63, 3.8) is 0 Å². The molecule has 1 aliphatic rings.